The average Bonchev–Trinajstić information content (AvgIpc) is 3.44. The number of rotatable bonds is 11. The second-order valence-corrected chi connectivity index (χ2v) is 13.3. The van der Waals surface area contributed by atoms with Crippen molar-refractivity contribution in [3.8, 4) is 0 Å². The van der Waals surface area contributed by atoms with E-state index in [4.69, 9.17) is 11.6 Å². The zero-order chi connectivity index (χ0) is 28.7. The first-order valence-corrected chi connectivity index (χ1v) is 16.2. The van der Waals surface area contributed by atoms with Crippen LogP contribution in [0.2, 0.25) is 5.02 Å². The van der Waals surface area contributed by atoms with Gasteiger partial charge in [-0.05, 0) is 60.4 Å². The van der Waals surface area contributed by atoms with E-state index < -0.39 is 28.5 Å². The summed E-state index contributed by atoms with van der Waals surface area (Å²) in [5.41, 5.74) is 2.04. The number of carbonyl (C=O) groups is 2. The molecule has 3 aromatic carbocycles. The van der Waals surface area contributed by atoms with Gasteiger partial charge in [-0.15, -0.1) is 0 Å². The topological polar surface area (TPSA) is 86.8 Å². The van der Waals surface area contributed by atoms with Crippen LogP contribution < -0.4 is 9.62 Å². The molecule has 1 atom stereocenters. The Kier molecular flexibility index (Phi) is 10.3. The van der Waals surface area contributed by atoms with E-state index in [-0.39, 0.29) is 24.9 Å². The Hall–Kier alpha value is -2.88. The Labute approximate surface area is 249 Å². The Morgan fingerprint density at radius 1 is 0.950 bits per heavy atom. The molecule has 1 aliphatic carbocycles. The Morgan fingerprint density at radius 3 is 2.17 bits per heavy atom. The standard InChI is InChI=1S/C30H33BrClN3O4S/c1-40(38,39)35(27-17-13-24(31)14-18-27)21-29(36)34(20-23-11-15-25(32)16-12-23)28(19-22-7-3-2-4-8-22)30(37)33-26-9-5-6-10-26/h2-4,7-8,11-18,26,28H,5-6,9-10,19-21H2,1H3,(H,33,37). The van der Waals surface area contributed by atoms with Crippen LogP contribution in [-0.4, -0.2) is 50.0 Å². The molecule has 0 radical (unpaired) electrons. The second kappa shape index (κ2) is 13.7. The number of hydrogen-bond donors (Lipinski definition) is 1. The van der Waals surface area contributed by atoms with Crippen molar-refractivity contribution in [2.45, 2.75) is 50.7 Å². The van der Waals surface area contributed by atoms with Gasteiger partial charge in [0.15, 0.2) is 0 Å². The fraction of sp³-hybridized carbons (Fsp3) is 0.333. The molecule has 4 rings (SSSR count). The number of anilines is 1. The molecule has 212 valence electrons. The first kappa shape index (κ1) is 30.1. The minimum Gasteiger partial charge on any atom is -0.352 e. The number of nitrogens with one attached hydrogen (secondary N) is 1. The van der Waals surface area contributed by atoms with Gasteiger partial charge in [-0.3, -0.25) is 13.9 Å². The zero-order valence-electron chi connectivity index (χ0n) is 22.3. The summed E-state index contributed by atoms with van der Waals surface area (Å²) >= 11 is 9.47. The molecule has 0 heterocycles. The van der Waals surface area contributed by atoms with Crippen LogP contribution in [0.15, 0.2) is 83.3 Å². The monoisotopic (exact) mass is 645 g/mol. The van der Waals surface area contributed by atoms with Crippen molar-refractivity contribution >= 4 is 55.1 Å². The van der Waals surface area contributed by atoms with Crippen LogP contribution in [0.3, 0.4) is 0 Å². The van der Waals surface area contributed by atoms with E-state index in [9.17, 15) is 18.0 Å². The first-order valence-electron chi connectivity index (χ1n) is 13.2. The Bertz CT molecular complexity index is 1400. The summed E-state index contributed by atoms with van der Waals surface area (Å²) in [6.45, 7) is -0.334. The molecule has 40 heavy (non-hydrogen) atoms. The number of nitrogens with zero attached hydrogens (tertiary/aromatic N) is 2. The van der Waals surface area contributed by atoms with Gasteiger partial charge in [-0.25, -0.2) is 8.42 Å². The van der Waals surface area contributed by atoms with E-state index in [1.54, 1.807) is 48.5 Å². The highest BCUT2D eigenvalue weighted by Gasteiger charge is 2.34. The van der Waals surface area contributed by atoms with Crippen molar-refractivity contribution in [1.82, 2.24) is 10.2 Å². The summed E-state index contributed by atoms with van der Waals surface area (Å²) in [5.74, 6) is -0.724. The van der Waals surface area contributed by atoms with Gasteiger partial charge < -0.3 is 10.2 Å². The third kappa shape index (κ3) is 8.32. The first-order chi connectivity index (χ1) is 19.1. The lowest BCUT2D eigenvalue weighted by molar-refractivity contribution is -0.140. The van der Waals surface area contributed by atoms with Gasteiger partial charge in [0.25, 0.3) is 0 Å². The smallest absolute Gasteiger partial charge is 0.244 e. The quantitative estimate of drug-likeness (QED) is 0.295. The number of carbonyl (C=O) groups excluding carboxylic acids is 2. The molecule has 7 nitrogen and oxygen atoms in total. The SMILES string of the molecule is CS(=O)(=O)N(CC(=O)N(Cc1ccc(Cl)cc1)C(Cc1ccccc1)C(=O)NC1CCCC1)c1ccc(Br)cc1. The van der Waals surface area contributed by atoms with Gasteiger partial charge in [-0.2, -0.15) is 0 Å². The molecule has 0 spiro atoms. The molecular formula is C30H33BrClN3O4S. The van der Waals surface area contributed by atoms with Gasteiger partial charge in [0.2, 0.25) is 21.8 Å². The summed E-state index contributed by atoms with van der Waals surface area (Å²) in [6.07, 6.45) is 5.27. The summed E-state index contributed by atoms with van der Waals surface area (Å²) in [4.78, 5) is 29.4. The molecule has 1 saturated carbocycles. The predicted octanol–water partition coefficient (Wildman–Crippen LogP) is 5.57. The van der Waals surface area contributed by atoms with E-state index in [2.05, 4.69) is 21.2 Å². The van der Waals surface area contributed by atoms with Crippen molar-refractivity contribution in [3.63, 3.8) is 0 Å². The van der Waals surface area contributed by atoms with Gasteiger partial charge >= 0.3 is 0 Å². The minimum atomic E-state index is -3.81. The van der Waals surface area contributed by atoms with Crippen molar-refractivity contribution < 1.29 is 18.0 Å². The van der Waals surface area contributed by atoms with Crippen LogP contribution >= 0.6 is 27.5 Å². The molecule has 0 saturated heterocycles. The predicted molar refractivity (Wildman–Crippen MR) is 163 cm³/mol. The average molecular weight is 647 g/mol. The summed E-state index contributed by atoms with van der Waals surface area (Å²) < 4.78 is 27.5. The van der Waals surface area contributed by atoms with Crippen molar-refractivity contribution in [2.75, 3.05) is 17.1 Å². The molecule has 3 aromatic rings. The van der Waals surface area contributed by atoms with Crippen LogP contribution in [0.1, 0.15) is 36.8 Å². The highest BCUT2D eigenvalue weighted by Crippen LogP contribution is 2.24. The van der Waals surface area contributed by atoms with Crippen molar-refractivity contribution in [2.24, 2.45) is 0 Å². The number of sulfonamides is 1. The van der Waals surface area contributed by atoms with E-state index in [1.165, 1.54) is 4.90 Å². The van der Waals surface area contributed by atoms with Crippen LogP contribution in [0.25, 0.3) is 0 Å². The molecule has 10 heteroatoms. The summed E-state index contributed by atoms with van der Waals surface area (Å²) in [7, 11) is -3.81. The van der Waals surface area contributed by atoms with E-state index in [0.717, 1.165) is 51.8 Å². The molecule has 2 amide bonds. The highest BCUT2D eigenvalue weighted by molar-refractivity contribution is 9.10. The molecule has 0 aliphatic heterocycles. The second-order valence-electron chi connectivity index (χ2n) is 10.1. The normalized spacial score (nSPS) is 14.5. The molecule has 0 aromatic heterocycles. The number of amides is 2. The third-order valence-corrected chi connectivity index (χ3v) is 8.95. The van der Waals surface area contributed by atoms with E-state index in [0.29, 0.717) is 10.7 Å². The lowest BCUT2D eigenvalue weighted by atomic mass is 10.0. The molecule has 1 aliphatic rings. The lowest BCUT2D eigenvalue weighted by Gasteiger charge is -2.34. The van der Waals surface area contributed by atoms with Gasteiger partial charge in [0.05, 0.1) is 11.9 Å². The fourth-order valence-corrected chi connectivity index (χ4v) is 6.17. The number of hydrogen-bond acceptors (Lipinski definition) is 4. The van der Waals surface area contributed by atoms with Gasteiger partial charge in [-0.1, -0.05) is 82.8 Å². The number of benzene rings is 3. The van der Waals surface area contributed by atoms with Crippen LogP contribution in [0, 0.1) is 0 Å². The van der Waals surface area contributed by atoms with Crippen LogP contribution in [0.4, 0.5) is 5.69 Å². The van der Waals surface area contributed by atoms with Crippen LogP contribution in [0.5, 0.6) is 0 Å². The number of halogens is 2. The summed E-state index contributed by atoms with van der Waals surface area (Å²) in [6, 6.07) is 22.5. The zero-order valence-corrected chi connectivity index (χ0v) is 25.5. The Balaban J connectivity index is 1.71. The van der Waals surface area contributed by atoms with Crippen LogP contribution in [-0.2, 0) is 32.6 Å². The molecule has 0 bridgehead atoms. The fourth-order valence-electron chi connectivity index (χ4n) is 4.93. The maximum atomic E-state index is 14.1. The molecule has 1 fully saturated rings. The maximum absolute atomic E-state index is 14.1. The largest absolute Gasteiger partial charge is 0.352 e. The third-order valence-electron chi connectivity index (χ3n) is 7.03. The van der Waals surface area contributed by atoms with Crippen molar-refractivity contribution in [1.29, 1.82) is 0 Å². The van der Waals surface area contributed by atoms with E-state index in [1.807, 2.05) is 30.3 Å². The lowest BCUT2D eigenvalue weighted by Crippen LogP contribution is -2.54. The summed E-state index contributed by atoms with van der Waals surface area (Å²) in [5, 5.41) is 3.72. The molecular weight excluding hydrogens is 614 g/mol. The maximum Gasteiger partial charge on any atom is 0.244 e. The van der Waals surface area contributed by atoms with Crippen molar-refractivity contribution in [3.05, 3.63) is 99.5 Å². The highest BCUT2D eigenvalue weighted by atomic mass is 79.9. The molecule has 1 N–H and O–H groups in total. The molecule has 1 unspecified atom stereocenters. The van der Waals surface area contributed by atoms with Gasteiger partial charge in [0, 0.05) is 28.5 Å². The van der Waals surface area contributed by atoms with E-state index >= 15 is 0 Å². The minimum absolute atomic E-state index is 0.0635. The Morgan fingerprint density at radius 2 is 1.57 bits per heavy atom. The van der Waals surface area contributed by atoms with Gasteiger partial charge in [0.1, 0.15) is 12.6 Å².